The Balaban J connectivity index is 1.96. The van der Waals surface area contributed by atoms with Crippen LogP contribution in [0, 0.1) is 0 Å². The number of benzene rings is 1. The summed E-state index contributed by atoms with van der Waals surface area (Å²) in [5, 5.41) is 0. The monoisotopic (exact) mass is 375 g/mol. The van der Waals surface area contributed by atoms with E-state index in [1.165, 1.54) is 55.9 Å². The number of pyridine rings is 1. The van der Waals surface area contributed by atoms with Gasteiger partial charge in [0.2, 0.25) is 5.88 Å². The van der Waals surface area contributed by atoms with E-state index >= 15 is 0 Å². The van der Waals surface area contributed by atoms with Crippen molar-refractivity contribution in [2.45, 2.75) is 6.18 Å². The van der Waals surface area contributed by atoms with Crippen LogP contribution in [0.5, 0.6) is 11.6 Å². The van der Waals surface area contributed by atoms with Crippen molar-refractivity contribution < 1.29 is 27.4 Å². The second-order valence-electron chi connectivity index (χ2n) is 5.27. The first-order chi connectivity index (χ1) is 12.9. The van der Waals surface area contributed by atoms with Gasteiger partial charge in [-0.25, -0.2) is 9.78 Å². The SMILES string of the molecule is COC(=O)c1ccc(Oc2cc(C(F)(F)F)nc(-c3ccncc3)n2)cc1. The van der Waals surface area contributed by atoms with Crippen molar-refractivity contribution in [1.82, 2.24) is 15.0 Å². The Hall–Kier alpha value is -3.49. The lowest BCUT2D eigenvalue weighted by atomic mass is 10.2. The standard InChI is InChI=1S/C18H12F3N3O3/c1-26-17(25)12-2-4-13(5-3-12)27-15-10-14(18(19,20)21)23-16(24-15)11-6-8-22-9-7-11/h2-10H,1H3. The fourth-order valence-corrected chi connectivity index (χ4v) is 2.15. The van der Waals surface area contributed by atoms with E-state index in [0.717, 1.165) is 0 Å². The van der Waals surface area contributed by atoms with Gasteiger partial charge in [0.15, 0.2) is 11.5 Å². The third kappa shape index (κ3) is 4.38. The Bertz CT molecular complexity index is 946. The Morgan fingerprint density at radius 3 is 2.26 bits per heavy atom. The number of carbonyl (C=O) groups is 1. The van der Waals surface area contributed by atoms with Gasteiger partial charge in [-0.3, -0.25) is 4.98 Å². The normalized spacial score (nSPS) is 11.1. The minimum Gasteiger partial charge on any atom is -0.465 e. The highest BCUT2D eigenvalue weighted by Crippen LogP contribution is 2.32. The van der Waals surface area contributed by atoms with Crippen LogP contribution in [-0.4, -0.2) is 28.0 Å². The molecule has 3 aromatic rings. The smallest absolute Gasteiger partial charge is 0.433 e. The van der Waals surface area contributed by atoms with Gasteiger partial charge in [0, 0.05) is 24.0 Å². The number of hydrogen-bond acceptors (Lipinski definition) is 6. The molecule has 2 aromatic heterocycles. The van der Waals surface area contributed by atoms with Crippen molar-refractivity contribution in [1.29, 1.82) is 0 Å². The second kappa shape index (κ2) is 7.40. The molecule has 0 aliphatic rings. The number of halogens is 3. The molecular formula is C18H12F3N3O3. The highest BCUT2D eigenvalue weighted by Gasteiger charge is 2.34. The van der Waals surface area contributed by atoms with Crippen molar-refractivity contribution in [3.8, 4) is 23.0 Å². The molecule has 0 amide bonds. The maximum Gasteiger partial charge on any atom is 0.433 e. The van der Waals surface area contributed by atoms with Crippen LogP contribution in [0.15, 0.2) is 54.9 Å². The molecule has 6 nitrogen and oxygen atoms in total. The zero-order valence-corrected chi connectivity index (χ0v) is 13.9. The van der Waals surface area contributed by atoms with Gasteiger partial charge in [-0.15, -0.1) is 0 Å². The molecule has 0 saturated heterocycles. The van der Waals surface area contributed by atoms with Crippen molar-refractivity contribution >= 4 is 5.97 Å². The van der Waals surface area contributed by atoms with Gasteiger partial charge >= 0.3 is 12.1 Å². The topological polar surface area (TPSA) is 74.2 Å². The lowest BCUT2D eigenvalue weighted by Crippen LogP contribution is -2.10. The molecule has 2 heterocycles. The average Bonchev–Trinajstić information content (AvgIpc) is 2.68. The molecule has 1 aromatic carbocycles. The second-order valence-corrected chi connectivity index (χ2v) is 5.27. The molecule has 0 atom stereocenters. The van der Waals surface area contributed by atoms with E-state index in [9.17, 15) is 18.0 Å². The molecule has 0 unspecified atom stereocenters. The van der Waals surface area contributed by atoms with Crippen LogP contribution in [0.1, 0.15) is 16.1 Å². The Morgan fingerprint density at radius 1 is 1.00 bits per heavy atom. The number of methoxy groups -OCH3 is 1. The van der Waals surface area contributed by atoms with E-state index in [0.29, 0.717) is 11.6 Å². The largest absolute Gasteiger partial charge is 0.465 e. The Labute approximate surface area is 151 Å². The summed E-state index contributed by atoms with van der Waals surface area (Å²) in [5.41, 5.74) is -0.492. The fourth-order valence-electron chi connectivity index (χ4n) is 2.15. The van der Waals surface area contributed by atoms with Crippen LogP contribution >= 0.6 is 0 Å². The van der Waals surface area contributed by atoms with E-state index in [-0.39, 0.29) is 23.0 Å². The number of ether oxygens (including phenoxy) is 2. The van der Waals surface area contributed by atoms with Gasteiger partial charge in [0.05, 0.1) is 12.7 Å². The van der Waals surface area contributed by atoms with Gasteiger partial charge < -0.3 is 9.47 Å². The van der Waals surface area contributed by atoms with Crippen molar-refractivity contribution in [3.63, 3.8) is 0 Å². The van der Waals surface area contributed by atoms with Crippen LogP contribution < -0.4 is 4.74 Å². The van der Waals surface area contributed by atoms with Gasteiger partial charge in [-0.2, -0.15) is 18.2 Å². The van der Waals surface area contributed by atoms with E-state index in [1.807, 2.05) is 0 Å². The van der Waals surface area contributed by atoms with Crippen LogP contribution in [0.2, 0.25) is 0 Å². The predicted octanol–water partition coefficient (Wildman–Crippen LogP) is 4.14. The van der Waals surface area contributed by atoms with E-state index in [4.69, 9.17) is 4.74 Å². The quantitative estimate of drug-likeness (QED) is 0.638. The summed E-state index contributed by atoms with van der Waals surface area (Å²) in [6.45, 7) is 0. The van der Waals surface area contributed by atoms with Gasteiger partial charge in [0.1, 0.15) is 5.75 Å². The molecule has 9 heteroatoms. The minimum atomic E-state index is -4.67. The zero-order valence-electron chi connectivity index (χ0n) is 13.9. The van der Waals surface area contributed by atoms with Gasteiger partial charge in [0.25, 0.3) is 0 Å². The van der Waals surface area contributed by atoms with Crippen molar-refractivity contribution in [2.24, 2.45) is 0 Å². The molecule has 0 spiro atoms. The van der Waals surface area contributed by atoms with Gasteiger partial charge in [-0.05, 0) is 36.4 Å². The molecule has 3 rings (SSSR count). The molecule has 0 radical (unpaired) electrons. The minimum absolute atomic E-state index is 0.145. The number of carbonyl (C=O) groups excluding carboxylic acids is 1. The van der Waals surface area contributed by atoms with Crippen molar-refractivity contribution in [3.05, 3.63) is 66.1 Å². The van der Waals surface area contributed by atoms with E-state index in [1.54, 1.807) is 0 Å². The van der Waals surface area contributed by atoms with E-state index in [2.05, 4.69) is 19.7 Å². The lowest BCUT2D eigenvalue weighted by Gasteiger charge is -2.11. The Kier molecular flexibility index (Phi) is 5.02. The molecule has 0 N–H and O–H groups in total. The summed E-state index contributed by atoms with van der Waals surface area (Å²) in [6.07, 6.45) is -1.83. The molecule has 0 saturated carbocycles. The number of esters is 1. The number of hydrogen-bond donors (Lipinski definition) is 0. The van der Waals surface area contributed by atoms with Crippen LogP contribution in [0.25, 0.3) is 11.4 Å². The highest BCUT2D eigenvalue weighted by molar-refractivity contribution is 5.89. The summed E-state index contributed by atoms with van der Waals surface area (Å²) in [4.78, 5) is 22.8. The maximum atomic E-state index is 13.2. The third-order valence-electron chi connectivity index (χ3n) is 3.43. The third-order valence-corrected chi connectivity index (χ3v) is 3.43. The highest BCUT2D eigenvalue weighted by atomic mass is 19.4. The summed E-state index contributed by atoms with van der Waals surface area (Å²) >= 11 is 0. The summed E-state index contributed by atoms with van der Waals surface area (Å²) in [7, 11) is 1.24. The lowest BCUT2D eigenvalue weighted by molar-refractivity contribution is -0.141. The number of rotatable bonds is 4. The van der Waals surface area contributed by atoms with Crippen LogP contribution in [0.4, 0.5) is 13.2 Å². The summed E-state index contributed by atoms with van der Waals surface area (Å²) < 4.78 is 49.5. The molecule has 0 fully saturated rings. The molecule has 138 valence electrons. The van der Waals surface area contributed by atoms with Crippen LogP contribution in [-0.2, 0) is 10.9 Å². The van der Waals surface area contributed by atoms with Gasteiger partial charge in [-0.1, -0.05) is 0 Å². The molecular weight excluding hydrogens is 363 g/mol. The summed E-state index contributed by atoms with van der Waals surface area (Å²) in [6, 6.07) is 9.39. The first-order valence-electron chi connectivity index (χ1n) is 7.60. The first kappa shape index (κ1) is 18.3. The number of nitrogens with zero attached hydrogens (tertiary/aromatic N) is 3. The molecule has 27 heavy (non-hydrogen) atoms. The average molecular weight is 375 g/mol. The summed E-state index contributed by atoms with van der Waals surface area (Å²) in [5.74, 6) is -0.763. The number of aromatic nitrogens is 3. The molecule has 0 bridgehead atoms. The first-order valence-corrected chi connectivity index (χ1v) is 7.60. The fraction of sp³-hybridized carbons (Fsp3) is 0.111. The van der Waals surface area contributed by atoms with Crippen molar-refractivity contribution in [2.75, 3.05) is 7.11 Å². The van der Waals surface area contributed by atoms with Crippen LogP contribution in [0.3, 0.4) is 0 Å². The Morgan fingerprint density at radius 2 is 1.67 bits per heavy atom. The number of alkyl halides is 3. The van der Waals surface area contributed by atoms with E-state index < -0.39 is 17.8 Å². The molecule has 0 aliphatic carbocycles. The molecule has 0 aliphatic heterocycles. The predicted molar refractivity (Wildman–Crippen MR) is 88.1 cm³/mol. The zero-order chi connectivity index (χ0) is 19.4. The maximum absolute atomic E-state index is 13.2.